The summed E-state index contributed by atoms with van der Waals surface area (Å²) in [5.74, 6) is 1.21. The van der Waals surface area contributed by atoms with E-state index in [1.54, 1.807) is 4.90 Å². The SMILES string of the molecule is Cc1ccccc1-c1noc(CCCC(=O)N2CCN3C(=O)OC[C@H]3C2)n1. The zero-order valence-electron chi connectivity index (χ0n) is 15.3. The Morgan fingerprint density at radius 3 is 3.00 bits per heavy atom. The predicted molar refractivity (Wildman–Crippen MR) is 95.8 cm³/mol. The first kappa shape index (κ1) is 17.5. The van der Waals surface area contributed by atoms with Crippen LogP contribution in [0.15, 0.2) is 28.8 Å². The van der Waals surface area contributed by atoms with Gasteiger partial charge in [-0.15, -0.1) is 0 Å². The van der Waals surface area contributed by atoms with Crippen molar-refractivity contribution in [3.63, 3.8) is 0 Å². The molecular weight excluding hydrogens is 348 g/mol. The van der Waals surface area contributed by atoms with Crippen LogP contribution in [0.1, 0.15) is 24.3 Å². The molecular formula is C19H22N4O4. The molecule has 2 aliphatic rings. The number of fused-ring (bicyclic) bond motifs is 1. The molecule has 2 fully saturated rings. The van der Waals surface area contributed by atoms with E-state index >= 15 is 0 Å². The molecule has 8 nitrogen and oxygen atoms in total. The van der Waals surface area contributed by atoms with Gasteiger partial charge in [0, 0.05) is 38.0 Å². The monoisotopic (exact) mass is 370 g/mol. The van der Waals surface area contributed by atoms with Crippen LogP contribution in [0.2, 0.25) is 0 Å². The number of rotatable bonds is 5. The van der Waals surface area contributed by atoms with E-state index in [4.69, 9.17) is 9.26 Å². The van der Waals surface area contributed by atoms with Gasteiger partial charge in [0.15, 0.2) is 0 Å². The van der Waals surface area contributed by atoms with Crippen LogP contribution in [0.25, 0.3) is 11.4 Å². The number of carbonyl (C=O) groups is 2. The molecule has 0 unspecified atom stereocenters. The number of aryl methyl sites for hydroxylation is 2. The van der Waals surface area contributed by atoms with Crippen molar-refractivity contribution >= 4 is 12.0 Å². The molecule has 2 saturated heterocycles. The van der Waals surface area contributed by atoms with E-state index < -0.39 is 0 Å². The van der Waals surface area contributed by atoms with Crippen molar-refractivity contribution < 1.29 is 18.8 Å². The van der Waals surface area contributed by atoms with Gasteiger partial charge in [-0.25, -0.2) is 4.79 Å². The summed E-state index contributed by atoms with van der Waals surface area (Å²) in [6, 6.07) is 7.87. The predicted octanol–water partition coefficient (Wildman–Crippen LogP) is 2.03. The molecule has 0 spiro atoms. The van der Waals surface area contributed by atoms with Crippen LogP contribution < -0.4 is 0 Å². The minimum atomic E-state index is -0.270. The largest absolute Gasteiger partial charge is 0.447 e. The van der Waals surface area contributed by atoms with Gasteiger partial charge in [-0.3, -0.25) is 9.69 Å². The molecule has 27 heavy (non-hydrogen) atoms. The fourth-order valence-electron chi connectivity index (χ4n) is 3.55. The van der Waals surface area contributed by atoms with E-state index in [1.807, 2.05) is 36.1 Å². The molecule has 142 valence electrons. The zero-order valence-corrected chi connectivity index (χ0v) is 15.3. The van der Waals surface area contributed by atoms with Crippen molar-refractivity contribution in [2.75, 3.05) is 26.2 Å². The number of aromatic nitrogens is 2. The standard InChI is InChI=1S/C19H22N4O4/c1-13-5-2-3-6-15(13)18-20-16(27-21-18)7-4-8-17(24)22-9-10-23-14(11-22)12-26-19(23)25/h2-3,5-6,14H,4,7-12H2,1H3/t14-/m1/s1. The van der Waals surface area contributed by atoms with Crippen molar-refractivity contribution in [3.8, 4) is 11.4 Å². The second kappa shape index (κ2) is 7.38. The summed E-state index contributed by atoms with van der Waals surface area (Å²) in [4.78, 5) is 31.9. The van der Waals surface area contributed by atoms with Crippen LogP contribution in [-0.2, 0) is 16.0 Å². The maximum Gasteiger partial charge on any atom is 0.410 e. The van der Waals surface area contributed by atoms with Crippen molar-refractivity contribution in [1.29, 1.82) is 0 Å². The second-order valence-electron chi connectivity index (χ2n) is 6.94. The molecule has 0 aliphatic carbocycles. The van der Waals surface area contributed by atoms with Crippen molar-refractivity contribution in [3.05, 3.63) is 35.7 Å². The summed E-state index contributed by atoms with van der Waals surface area (Å²) in [7, 11) is 0. The lowest BCUT2D eigenvalue weighted by atomic mass is 10.1. The lowest BCUT2D eigenvalue weighted by Crippen LogP contribution is -2.53. The number of benzene rings is 1. The smallest absolute Gasteiger partial charge is 0.410 e. The quantitative estimate of drug-likeness (QED) is 0.800. The number of piperazine rings is 1. The minimum absolute atomic E-state index is 0.0113. The fourth-order valence-corrected chi connectivity index (χ4v) is 3.55. The molecule has 4 rings (SSSR count). The van der Waals surface area contributed by atoms with Crippen molar-refractivity contribution in [1.82, 2.24) is 19.9 Å². The third kappa shape index (κ3) is 3.65. The van der Waals surface area contributed by atoms with Gasteiger partial charge in [0.05, 0.1) is 6.04 Å². The lowest BCUT2D eigenvalue weighted by molar-refractivity contribution is -0.133. The summed E-state index contributed by atoms with van der Waals surface area (Å²) in [5, 5.41) is 4.05. The summed E-state index contributed by atoms with van der Waals surface area (Å²) < 4.78 is 10.4. The first-order valence-corrected chi connectivity index (χ1v) is 9.21. The average molecular weight is 370 g/mol. The summed E-state index contributed by atoms with van der Waals surface area (Å²) in [5.41, 5.74) is 2.04. The number of hydrogen-bond donors (Lipinski definition) is 0. The Morgan fingerprint density at radius 1 is 1.30 bits per heavy atom. The Bertz CT molecular complexity index is 850. The molecule has 2 amide bonds. The molecule has 2 aromatic rings. The summed E-state index contributed by atoms with van der Waals surface area (Å²) in [6.45, 7) is 4.02. The molecule has 0 N–H and O–H groups in total. The number of carbonyl (C=O) groups excluding carboxylic acids is 2. The van der Waals surface area contributed by atoms with E-state index in [-0.39, 0.29) is 18.0 Å². The highest BCUT2D eigenvalue weighted by Gasteiger charge is 2.38. The van der Waals surface area contributed by atoms with Gasteiger partial charge in [-0.2, -0.15) is 4.98 Å². The van der Waals surface area contributed by atoms with Gasteiger partial charge in [0.2, 0.25) is 17.6 Å². The molecule has 3 heterocycles. The molecule has 2 aliphatic heterocycles. The van der Waals surface area contributed by atoms with Gasteiger partial charge < -0.3 is 14.2 Å². The van der Waals surface area contributed by atoms with E-state index in [1.165, 1.54) is 0 Å². The van der Waals surface area contributed by atoms with Crippen molar-refractivity contribution in [2.45, 2.75) is 32.2 Å². The first-order valence-electron chi connectivity index (χ1n) is 9.21. The van der Waals surface area contributed by atoms with Gasteiger partial charge >= 0.3 is 6.09 Å². The Labute approximate surface area is 157 Å². The number of amides is 2. The molecule has 0 bridgehead atoms. The molecule has 0 saturated carbocycles. The number of cyclic esters (lactones) is 1. The van der Waals surface area contributed by atoms with Gasteiger partial charge in [-0.05, 0) is 18.9 Å². The Kier molecular flexibility index (Phi) is 4.79. The molecule has 8 heteroatoms. The topological polar surface area (TPSA) is 88.8 Å². The average Bonchev–Trinajstić information content (AvgIpc) is 3.29. The van der Waals surface area contributed by atoms with E-state index in [2.05, 4.69) is 10.1 Å². The molecule has 0 radical (unpaired) electrons. The van der Waals surface area contributed by atoms with Crippen molar-refractivity contribution in [2.24, 2.45) is 0 Å². The first-order chi connectivity index (χ1) is 13.1. The van der Waals surface area contributed by atoms with Crippen LogP contribution in [-0.4, -0.2) is 64.2 Å². The Hall–Kier alpha value is -2.90. The molecule has 1 aromatic heterocycles. The van der Waals surface area contributed by atoms with Crippen LogP contribution in [0.4, 0.5) is 4.79 Å². The summed E-state index contributed by atoms with van der Waals surface area (Å²) >= 11 is 0. The number of ether oxygens (including phenoxy) is 1. The van der Waals surface area contributed by atoms with Gasteiger partial charge in [0.1, 0.15) is 6.61 Å². The summed E-state index contributed by atoms with van der Waals surface area (Å²) in [6.07, 6.45) is 1.36. The highest BCUT2D eigenvalue weighted by molar-refractivity contribution is 5.77. The van der Waals surface area contributed by atoms with Crippen LogP contribution in [0, 0.1) is 6.92 Å². The minimum Gasteiger partial charge on any atom is -0.447 e. The lowest BCUT2D eigenvalue weighted by Gasteiger charge is -2.35. The van der Waals surface area contributed by atoms with Crippen LogP contribution in [0.3, 0.4) is 0 Å². The number of nitrogens with zero attached hydrogens (tertiary/aromatic N) is 4. The van der Waals surface area contributed by atoms with E-state index in [0.29, 0.717) is 57.2 Å². The third-order valence-corrected chi connectivity index (χ3v) is 5.10. The normalized spacial score (nSPS) is 19.1. The maximum atomic E-state index is 12.4. The maximum absolute atomic E-state index is 12.4. The Morgan fingerprint density at radius 2 is 2.15 bits per heavy atom. The van der Waals surface area contributed by atoms with Crippen LogP contribution >= 0.6 is 0 Å². The second-order valence-corrected chi connectivity index (χ2v) is 6.94. The third-order valence-electron chi connectivity index (χ3n) is 5.10. The molecule has 1 aromatic carbocycles. The molecule has 1 atom stereocenters. The van der Waals surface area contributed by atoms with Crippen LogP contribution in [0.5, 0.6) is 0 Å². The zero-order chi connectivity index (χ0) is 18.8. The number of hydrogen-bond acceptors (Lipinski definition) is 6. The highest BCUT2D eigenvalue weighted by atomic mass is 16.6. The van der Waals surface area contributed by atoms with Gasteiger partial charge in [-0.1, -0.05) is 29.4 Å². The van der Waals surface area contributed by atoms with E-state index in [9.17, 15) is 9.59 Å². The van der Waals surface area contributed by atoms with Gasteiger partial charge in [0.25, 0.3) is 0 Å². The Balaban J connectivity index is 1.27. The van der Waals surface area contributed by atoms with E-state index in [0.717, 1.165) is 11.1 Å². The fraction of sp³-hybridized carbons (Fsp3) is 0.474. The highest BCUT2D eigenvalue weighted by Crippen LogP contribution is 2.21.